The molecule has 0 aromatic heterocycles. The van der Waals surface area contributed by atoms with Crippen LogP contribution in [0.1, 0.15) is 347 Å². The summed E-state index contributed by atoms with van der Waals surface area (Å²) in [5.41, 5.74) is 0.822. The lowest BCUT2D eigenvalue weighted by atomic mass is 10.0. The van der Waals surface area contributed by atoms with E-state index >= 15 is 0 Å². The maximum absolute atomic E-state index is 12.4. The van der Waals surface area contributed by atoms with Crippen molar-refractivity contribution in [1.29, 1.82) is 0 Å². The topological polar surface area (TPSA) is 71.1 Å². The summed E-state index contributed by atoms with van der Waals surface area (Å²) in [4.78, 5) is 23.3. The Morgan fingerprint density at radius 3 is 0.845 bits per heavy atom. The van der Waals surface area contributed by atoms with E-state index in [9.17, 15) is 9.59 Å². The molecule has 0 fully saturated rings. The molecule has 0 heterocycles. The van der Waals surface area contributed by atoms with Crippen LogP contribution in [0.3, 0.4) is 0 Å². The Hall–Kier alpha value is -2.24. The molecule has 1 aromatic rings. The Kier molecular flexibility index (Phi) is 52.2. The molecule has 0 atom stereocenters. The fourth-order valence-electron chi connectivity index (χ4n) is 9.97. The molecule has 0 spiro atoms. The number of carbonyl (C=O) groups is 2. The lowest BCUT2D eigenvalue weighted by Gasteiger charge is -2.19. The molecule has 0 amide bonds. The first-order valence-electron chi connectivity index (χ1n) is 31.8. The van der Waals surface area contributed by atoms with E-state index in [1.54, 1.807) is 0 Å². The molecular weight excluding hydrogens is 877 g/mol. The summed E-state index contributed by atoms with van der Waals surface area (Å²) < 4.78 is 25.3. The minimum absolute atomic E-state index is 0.0925. The first kappa shape index (κ1) is 66.8. The van der Waals surface area contributed by atoms with Crippen LogP contribution < -0.4 is 14.2 Å². The van der Waals surface area contributed by atoms with E-state index in [-0.39, 0.29) is 25.4 Å². The van der Waals surface area contributed by atoms with Crippen LogP contribution in [0, 0.1) is 0 Å². The summed E-state index contributed by atoms with van der Waals surface area (Å²) in [7, 11) is 0. The third kappa shape index (κ3) is 46.1. The zero-order chi connectivity index (χ0) is 51.0. The molecular formula is C65H120O6. The summed E-state index contributed by atoms with van der Waals surface area (Å²) in [5, 5.41) is 0. The van der Waals surface area contributed by atoms with E-state index in [2.05, 4.69) is 20.8 Å². The normalized spacial score (nSPS) is 11.4. The van der Waals surface area contributed by atoms with Crippen LogP contribution in [0.5, 0.6) is 17.2 Å². The minimum Gasteiger partial charge on any atom is -0.490 e. The van der Waals surface area contributed by atoms with Crippen molar-refractivity contribution in [3.05, 3.63) is 17.7 Å². The second kappa shape index (κ2) is 55.5. The Morgan fingerprint density at radius 2 is 0.592 bits per heavy atom. The molecule has 1 rings (SSSR count). The van der Waals surface area contributed by atoms with Gasteiger partial charge in [0.25, 0.3) is 0 Å². The lowest BCUT2D eigenvalue weighted by molar-refractivity contribution is -0.145. The van der Waals surface area contributed by atoms with Gasteiger partial charge in [-0.05, 0) is 37.0 Å². The first-order valence-corrected chi connectivity index (χ1v) is 31.8. The molecule has 0 bridgehead atoms. The fourth-order valence-corrected chi connectivity index (χ4v) is 9.97. The number of aldehydes is 1. The standard InChI is InChI=1S/C65H120O6/c1-4-7-10-13-16-19-22-25-28-31-34-37-40-43-46-49-55-68-62-58-61(60-71-64(67)53-52-54-66)59-63(69-56-50-47-44-41-38-35-32-29-26-23-20-17-14-11-8-5-2)65(62)70-57-51-48-45-42-39-36-33-30-27-24-21-18-15-12-9-6-3/h54,58-59H,4-53,55-57,60H2,1-3H3. The molecule has 71 heavy (non-hydrogen) atoms. The Morgan fingerprint density at radius 1 is 0.352 bits per heavy atom. The van der Waals surface area contributed by atoms with Crippen LogP contribution in [-0.2, 0) is 20.9 Å². The van der Waals surface area contributed by atoms with Gasteiger partial charge in [0.05, 0.1) is 26.2 Å². The van der Waals surface area contributed by atoms with E-state index in [1.165, 1.54) is 270 Å². The van der Waals surface area contributed by atoms with Crippen LogP contribution in [0.15, 0.2) is 12.1 Å². The number of carbonyl (C=O) groups excluding carboxylic acids is 2. The number of ether oxygens (including phenoxy) is 4. The highest BCUT2D eigenvalue weighted by atomic mass is 16.5. The predicted octanol–water partition coefficient (Wildman–Crippen LogP) is 21.6. The summed E-state index contributed by atoms with van der Waals surface area (Å²) >= 11 is 0. The second-order valence-corrected chi connectivity index (χ2v) is 21.7. The van der Waals surface area contributed by atoms with Gasteiger partial charge in [0.2, 0.25) is 5.75 Å². The van der Waals surface area contributed by atoms with E-state index in [4.69, 9.17) is 18.9 Å². The molecule has 0 aliphatic carbocycles. The summed E-state index contributed by atoms with van der Waals surface area (Å²) in [6.07, 6.45) is 65.4. The molecule has 1 aromatic carbocycles. The molecule has 416 valence electrons. The fraction of sp³-hybridized carbons (Fsp3) is 0.877. The van der Waals surface area contributed by atoms with Crippen molar-refractivity contribution < 1.29 is 28.5 Å². The van der Waals surface area contributed by atoms with Gasteiger partial charge in [-0.3, -0.25) is 4.79 Å². The number of rotatable bonds is 59. The molecule has 0 radical (unpaired) electrons. The average Bonchev–Trinajstić information content (AvgIpc) is 3.38. The van der Waals surface area contributed by atoms with Crippen molar-refractivity contribution in [2.24, 2.45) is 0 Å². The van der Waals surface area contributed by atoms with Crippen molar-refractivity contribution in [2.45, 2.75) is 348 Å². The molecule has 0 aliphatic heterocycles. The predicted molar refractivity (Wildman–Crippen MR) is 307 cm³/mol. The van der Waals surface area contributed by atoms with Gasteiger partial charge in [-0.1, -0.05) is 310 Å². The van der Waals surface area contributed by atoms with Crippen LogP contribution in [0.2, 0.25) is 0 Å². The Bertz CT molecular complexity index is 1190. The van der Waals surface area contributed by atoms with Crippen LogP contribution >= 0.6 is 0 Å². The first-order chi connectivity index (χ1) is 35.2. The van der Waals surface area contributed by atoms with Gasteiger partial charge in [0.15, 0.2) is 11.5 Å². The van der Waals surface area contributed by atoms with Gasteiger partial charge >= 0.3 is 5.97 Å². The van der Waals surface area contributed by atoms with E-state index in [0.29, 0.717) is 37.1 Å². The highest BCUT2D eigenvalue weighted by molar-refractivity contribution is 5.72. The quantitative estimate of drug-likeness (QED) is 0.0368. The van der Waals surface area contributed by atoms with E-state index in [0.717, 1.165) is 50.4 Å². The summed E-state index contributed by atoms with van der Waals surface area (Å²) in [6, 6.07) is 3.95. The van der Waals surface area contributed by atoms with Gasteiger partial charge in [0.1, 0.15) is 12.9 Å². The van der Waals surface area contributed by atoms with Crippen LogP contribution in [0.25, 0.3) is 0 Å². The van der Waals surface area contributed by atoms with Crippen molar-refractivity contribution in [3.8, 4) is 17.2 Å². The van der Waals surface area contributed by atoms with Gasteiger partial charge in [-0.2, -0.15) is 0 Å². The third-order valence-corrected chi connectivity index (χ3v) is 14.7. The lowest BCUT2D eigenvalue weighted by Crippen LogP contribution is -2.09. The number of unbranched alkanes of at least 4 members (excludes halogenated alkanes) is 45. The van der Waals surface area contributed by atoms with Gasteiger partial charge in [-0.25, -0.2) is 0 Å². The monoisotopic (exact) mass is 997 g/mol. The molecule has 6 heteroatoms. The average molecular weight is 998 g/mol. The maximum atomic E-state index is 12.4. The van der Waals surface area contributed by atoms with Crippen LogP contribution in [-0.4, -0.2) is 32.1 Å². The zero-order valence-corrected chi connectivity index (χ0v) is 47.9. The largest absolute Gasteiger partial charge is 0.490 e. The van der Waals surface area contributed by atoms with E-state index < -0.39 is 0 Å². The zero-order valence-electron chi connectivity index (χ0n) is 47.9. The van der Waals surface area contributed by atoms with Crippen molar-refractivity contribution in [3.63, 3.8) is 0 Å². The maximum Gasteiger partial charge on any atom is 0.306 e. The molecule has 0 saturated carbocycles. The highest BCUT2D eigenvalue weighted by Gasteiger charge is 2.17. The Balaban J connectivity index is 2.65. The van der Waals surface area contributed by atoms with Crippen molar-refractivity contribution >= 4 is 12.3 Å². The van der Waals surface area contributed by atoms with E-state index in [1.807, 2.05) is 12.1 Å². The molecule has 0 N–H and O–H groups in total. The van der Waals surface area contributed by atoms with Gasteiger partial charge < -0.3 is 23.7 Å². The summed E-state index contributed by atoms with van der Waals surface area (Å²) in [5.74, 6) is 1.69. The van der Waals surface area contributed by atoms with Crippen molar-refractivity contribution in [1.82, 2.24) is 0 Å². The second-order valence-electron chi connectivity index (χ2n) is 21.7. The molecule has 0 unspecified atom stereocenters. The SMILES string of the molecule is CCCCCCCCCCCCCCCCCCOc1cc(COC(=O)CCC=O)cc(OCCCCCCCCCCCCCCCCCC)c1OCCCCCCCCCCCCCCCCCC. The highest BCUT2D eigenvalue weighted by Crippen LogP contribution is 2.40. The Labute approximate surface area is 442 Å². The molecule has 0 saturated heterocycles. The van der Waals surface area contributed by atoms with Crippen LogP contribution in [0.4, 0.5) is 0 Å². The number of benzene rings is 1. The summed E-state index contributed by atoms with van der Waals surface area (Å²) in [6.45, 7) is 8.86. The number of hydrogen-bond acceptors (Lipinski definition) is 6. The molecule has 0 aliphatic rings. The number of hydrogen-bond donors (Lipinski definition) is 0. The van der Waals surface area contributed by atoms with Crippen molar-refractivity contribution in [2.75, 3.05) is 19.8 Å². The van der Waals surface area contributed by atoms with Gasteiger partial charge in [0, 0.05) is 6.42 Å². The third-order valence-electron chi connectivity index (χ3n) is 14.7. The minimum atomic E-state index is -0.368. The van der Waals surface area contributed by atoms with Gasteiger partial charge in [-0.15, -0.1) is 0 Å². The number of esters is 1. The molecule has 6 nitrogen and oxygen atoms in total. The smallest absolute Gasteiger partial charge is 0.306 e.